The molecule has 1 aliphatic rings. The lowest BCUT2D eigenvalue weighted by Gasteiger charge is -2.31. The van der Waals surface area contributed by atoms with Crippen LogP contribution in [0.3, 0.4) is 0 Å². The minimum Gasteiger partial charge on any atom is -0.497 e. The summed E-state index contributed by atoms with van der Waals surface area (Å²) in [5, 5.41) is 2.80. The molecule has 1 aromatic carbocycles. The van der Waals surface area contributed by atoms with E-state index in [1.165, 1.54) is 11.8 Å². The van der Waals surface area contributed by atoms with E-state index in [0.717, 1.165) is 47.5 Å². The van der Waals surface area contributed by atoms with Gasteiger partial charge in [0.15, 0.2) is 6.10 Å². The monoisotopic (exact) mass is 438 g/mol. The van der Waals surface area contributed by atoms with Gasteiger partial charge in [-0.25, -0.2) is 0 Å². The Labute approximate surface area is 182 Å². The molecule has 0 aromatic heterocycles. The fourth-order valence-electron chi connectivity index (χ4n) is 2.95. The van der Waals surface area contributed by atoms with E-state index >= 15 is 0 Å². The van der Waals surface area contributed by atoms with Crippen LogP contribution in [0.2, 0.25) is 0 Å². The molecule has 8 heteroatoms. The molecule has 29 heavy (non-hydrogen) atoms. The number of benzene rings is 1. The molecule has 1 amide bonds. The molecular formula is C21H30N2O4S2. The van der Waals surface area contributed by atoms with Gasteiger partial charge in [0.05, 0.1) is 12.9 Å². The predicted octanol–water partition coefficient (Wildman–Crippen LogP) is 3.04. The zero-order valence-corrected chi connectivity index (χ0v) is 18.9. The third-order valence-electron chi connectivity index (χ3n) is 4.90. The van der Waals surface area contributed by atoms with E-state index in [1.807, 2.05) is 24.3 Å². The number of amides is 1. The summed E-state index contributed by atoms with van der Waals surface area (Å²) in [7, 11) is 1.62. The van der Waals surface area contributed by atoms with Crippen LogP contribution in [0, 0.1) is 5.92 Å². The number of hydrogen-bond acceptors (Lipinski definition) is 6. The lowest BCUT2D eigenvalue weighted by molar-refractivity contribution is -0.152. The third kappa shape index (κ3) is 8.22. The van der Waals surface area contributed by atoms with Crippen LogP contribution in [0.15, 0.2) is 24.3 Å². The van der Waals surface area contributed by atoms with Crippen molar-refractivity contribution in [1.82, 2.24) is 10.2 Å². The Hall–Kier alpha value is -1.80. The van der Waals surface area contributed by atoms with Gasteiger partial charge in [0.25, 0.3) is 5.91 Å². The van der Waals surface area contributed by atoms with Crippen molar-refractivity contribution >= 4 is 40.2 Å². The Morgan fingerprint density at radius 1 is 1.28 bits per heavy atom. The molecule has 6 nitrogen and oxygen atoms in total. The second-order valence-corrected chi connectivity index (χ2v) is 8.85. The van der Waals surface area contributed by atoms with Crippen molar-refractivity contribution in [1.29, 1.82) is 0 Å². The van der Waals surface area contributed by atoms with Crippen LogP contribution in [0.5, 0.6) is 5.75 Å². The number of piperidine rings is 1. The summed E-state index contributed by atoms with van der Waals surface area (Å²) in [6, 6.07) is 7.68. The van der Waals surface area contributed by atoms with Crippen LogP contribution < -0.4 is 10.1 Å². The SMILES string of the molecule is COc1ccc(CCNC(=O)C(C)OC(=O)CSC(=S)N2CCC(C)CC2)cc1. The number of hydrogen-bond donors (Lipinski definition) is 1. The molecule has 0 bridgehead atoms. The molecule has 1 atom stereocenters. The highest BCUT2D eigenvalue weighted by Gasteiger charge is 2.21. The van der Waals surface area contributed by atoms with Gasteiger partial charge in [0.2, 0.25) is 0 Å². The van der Waals surface area contributed by atoms with Gasteiger partial charge >= 0.3 is 5.97 Å². The number of nitrogens with one attached hydrogen (secondary N) is 1. The third-order valence-corrected chi connectivity index (χ3v) is 6.40. The summed E-state index contributed by atoms with van der Waals surface area (Å²) in [4.78, 5) is 26.3. The first-order valence-electron chi connectivity index (χ1n) is 9.91. The molecule has 1 fully saturated rings. The Morgan fingerprint density at radius 3 is 2.55 bits per heavy atom. The molecule has 0 saturated carbocycles. The average Bonchev–Trinajstić information content (AvgIpc) is 2.72. The number of esters is 1. The van der Waals surface area contributed by atoms with Gasteiger partial charge < -0.3 is 19.7 Å². The Bertz CT molecular complexity index is 688. The number of likely N-dealkylation sites (tertiary alicyclic amines) is 1. The molecule has 1 unspecified atom stereocenters. The molecule has 1 N–H and O–H groups in total. The van der Waals surface area contributed by atoms with E-state index in [0.29, 0.717) is 13.0 Å². The van der Waals surface area contributed by atoms with Crippen LogP contribution in [0.25, 0.3) is 0 Å². The molecule has 0 spiro atoms. The summed E-state index contributed by atoms with van der Waals surface area (Å²) >= 11 is 6.71. The van der Waals surface area contributed by atoms with Crippen molar-refractivity contribution in [2.45, 2.75) is 39.2 Å². The molecule has 1 aromatic rings. The first-order chi connectivity index (χ1) is 13.9. The summed E-state index contributed by atoms with van der Waals surface area (Å²) in [6.45, 7) is 6.17. The fourth-order valence-corrected chi connectivity index (χ4v) is 3.99. The number of carbonyl (C=O) groups is 2. The Balaban J connectivity index is 1.63. The Kier molecular flexibility index (Phi) is 9.73. The predicted molar refractivity (Wildman–Crippen MR) is 120 cm³/mol. The average molecular weight is 439 g/mol. The van der Waals surface area contributed by atoms with Gasteiger partial charge in [-0.05, 0) is 49.8 Å². The van der Waals surface area contributed by atoms with Crippen molar-refractivity contribution < 1.29 is 19.1 Å². The number of carbonyl (C=O) groups excluding carboxylic acids is 2. The van der Waals surface area contributed by atoms with E-state index in [4.69, 9.17) is 21.7 Å². The minimum atomic E-state index is -0.830. The van der Waals surface area contributed by atoms with Gasteiger partial charge in [-0.3, -0.25) is 9.59 Å². The van der Waals surface area contributed by atoms with E-state index in [9.17, 15) is 9.59 Å². The van der Waals surface area contributed by atoms with Crippen LogP contribution >= 0.6 is 24.0 Å². The number of thioether (sulfide) groups is 1. The van der Waals surface area contributed by atoms with Crippen molar-refractivity contribution in [3.05, 3.63) is 29.8 Å². The number of thiocarbonyl (C=S) groups is 1. The van der Waals surface area contributed by atoms with Gasteiger partial charge in [0, 0.05) is 19.6 Å². The normalized spacial score (nSPS) is 15.5. The van der Waals surface area contributed by atoms with Gasteiger partial charge in [-0.15, -0.1) is 0 Å². The molecule has 160 valence electrons. The van der Waals surface area contributed by atoms with E-state index in [1.54, 1.807) is 14.0 Å². The van der Waals surface area contributed by atoms with Crippen molar-refractivity contribution in [2.75, 3.05) is 32.5 Å². The highest BCUT2D eigenvalue weighted by molar-refractivity contribution is 8.23. The lowest BCUT2D eigenvalue weighted by Crippen LogP contribution is -2.38. The summed E-state index contributed by atoms with van der Waals surface area (Å²) in [6.07, 6.45) is 2.11. The highest BCUT2D eigenvalue weighted by Crippen LogP contribution is 2.20. The molecule has 1 heterocycles. The summed E-state index contributed by atoms with van der Waals surface area (Å²) in [5.41, 5.74) is 1.09. The molecule has 1 saturated heterocycles. The zero-order chi connectivity index (χ0) is 21.2. The zero-order valence-electron chi connectivity index (χ0n) is 17.3. The second-order valence-electron chi connectivity index (χ2n) is 7.25. The van der Waals surface area contributed by atoms with Crippen LogP contribution in [0.4, 0.5) is 0 Å². The Morgan fingerprint density at radius 2 is 1.93 bits per heavy atom. The van der Waals surface area contributed by atoms with E-state index < -0.39 is 12.1 Å². The van der Waals surface area contributed by atoms with Gasteiger partial charge in [-0.1, -0.05) is 43.0 Å². The van der Waals surface area contributed by atoms with E-state index in [-0.39, 0.29) is 11.7 Å². The van der Waals surface area contributed by atoms with Crippen molar-refractivity contribution in [2.24, 2.45) is 5.92 Å². The maximum Gasteiger partial charge on any atom is 0.317 e. The van der Waals surface area contributed by atoms with Crippen LogP contribution in [-0.2, 0) is 20.7 Å². The van der Waals surface area contributed by atoms with Gasteiger partial charge in [-0.2, -0.15) is 0 Å². The number of methoxy groups -OCH3 is 1. The first kappa shape index (κ1) is 23.5. The standard InChI is InChI=1S/C21H30N2O4S2/c1-15-9-12-23(13-10-15)21(28)29-14-19(24)27-16(2)20(25)22-11-8-17-4-6-18(26-3)7-5-17/h4-7,15-16H,8-14H2,1-3H3,(H,22,25). The molecule has 0 aliphatic carbocycles. The molecule has 1 aliphatic heterocycles. The fraction of sp³-hybridized carbons (Fsp3) is 0.571. The minimum absolute atomic E-state index is 0.119. The van der Waals surface area contributed by atoms with Gasteiger partial charge in [0.1, 0.15) is 10.1 Å². The van der Waals surface area contributed by atoms with Crippen LogP contribution in [-0.4, -0.2) is 59.7 Å². The van der Waals surface area contributed by atoms with Crippen molar-refractivity contribution in [3.63, 3.8) is 0 Å². The molecule has 2 rings (SSSR count). The topological polar surface area (TPSA) is 67.9 Å². The van der Waals surface area contributed by atoms with Crippen molar-refractivity contribution in [3.8, 4) is 5.75 Å². The number of ether oxygens (including phenoxy) is 2. The number of rotatable bonds is 8. The largest absolute Gasteiger partial charge is 0.497 e. The smallest absolute Gasteiger partial charge is 0.317 e. The molecular weight excluding hydrogens is 408 g/mol. The van der Waals surface area contributed by atoms with E-state index in [2.05, 4.69) is 17.1 Å². The number of nitrogens with zero attached hydrogens (tertiary/aromatic N) is 1. The second kappa shape index (κ2) is 12.0. The highest BCUT2D eigenvalue weighted by atomic mass is 32.2. The lowest BCUT2D eigenvalue weighted by atomic mass is 10.00. The first-order valence-corrected chi connectivity index (χ1v) is 11.3. The maximum absolute atomic E-state index is 12.1. The summed E-state index contributed by atoms with van der Waals surface area (Å²) in [5.74, 6) is 0.914. The summed E-state index contributed by atoms with van der Waals surface area (Å²) < 4.78 is 11.1. The molecule has 0 radical (unpaired) electrons. The van der Waals surface area contributed by atoms with Crippen LogP contribution in [0.1, 0.15) is 32.3 Å². The quantitative estimate of drug-likeness (QED) is 0.494. The maximum atomic E-state index is 12.1.